The summed E-state index contributed by atoms with van der Waals surface area (Å²) in [6, 6.07) is 0. The minimum Gasteiger partial charge on any atom is -0.393 e. The highest BCUT2D eigenvalue weighted by Crippen LogP contribution is 2.10. The third kappa shape index (κ3) is 3.60. The van der Waals surface area contributed by atoms with Crippen molar-refractivity contribution in [1.82, 2.24) is 24.5 Å². The van der Waals surface area contributed by atoms with Gasteiger partial charge in [0.05, 0.1) is 6.61 Å². The Bertz CT molecular complexity index is 545. The van der Waals surface area contributed by atoms with E-state index < -0.39 is 5.60 Å². The highest BCUT2D eigenvalue weighted by atomic mass is 35.5. The summed E-state index contributed by atoms with van der Waals surface area (Å²) in [6.45, 7) is 1.18. The van der Waals surface area contributed by atoms with Gasteiger partial charge in [-0.1, -0.05) is 0 Å². The van der Waals surface area contributed by atoms with Crippen LogP contribution in [0.2, 0.25) is 5.28 Å². The first-order valence-electron chi connectivity index (χ1n) is 5.47. The molecule has 1 unspecified atom stereocenters. The molecule has 0 radical (unpaired) electrons. The minimum absolute atomic E-state index is 0.0184. The Labute approximate surface area is 114 Å². The van der Waals surface area contributed by atoms with Crippen LogP contribution in [0.15, 0.2) is 18.7 Å². The molecule has 0 spiro atoms. The molecule has 2 aromatic heterocycles. The molecule has 2 aromatic rings. The number of aromatic nitrogens is 5. The number of rotatable bonds is 5. The summed E-state index contributed by atoms with van der Waals surface area (Å²) >= 11 is 5.80. The van der Waals surface area contributed by atoms with Crippen LogP contribution in [0.5, 0.6) is 0 Å². The zero-order chi connectivity index (χ0) is 13.9. The summed E-state index contributed by atoms with van der Waals surface area (Å²) in [5.74, 6) is 0.515. The van der Waals surface area contributed by atoms with Crippen molar-refractivity contribution in [3.05, 3.63) is 24.0 Å². The fourth-order valence-electron chi connectivity index (χ4n) is 1.24. The molecule has 102 valence electrons. The van der Waals surface area contributed by atoms with Crippen molar-refractivity contribution in [2.24, 2.45) is 0 Å². The van der Waals surface area contributed by atoms with E-state index in [0.717, 1.165) is 0 Å². The van der Waals surface area contributed by atoms with Crippen LogP contribution >= 0.6 is 11.6 Å². The van der Waals surface area contributed by atoms with E-state index in [-0.39, 0.29) is 24.4 Å². The molecule has 19 heavy (non-hydrogen) atoms. The fraction of sp³-hybridized carbons (Fsp3) is 0.400. The van der Waals surface area contributed by atoms with Gasteiger partial charge in [-0.25, -0.2) is 4.98 Å². The first-order chi connectivity index (χ1) is 9.00. The average Bonchev–Trinajstić information content (AvgIpc) is 2.90. The lowest BCUT2D eigenvalue weighted by Crippen LogP contribution is -2.37. The second kappa shape index (κ2) is 5.47. The van der Waals surface area contributed by atoms with Crippen molar-refractivity contribution in [3.8, 4) is 5.95 Å². The number of imidazole rings is 1. The summed E-state index contributed by atoms with van der Waals surface area (Å²) in [5, 5.41) is 21.4. The number of hydrogen-bond acceptors (Lipinski definition) is 7. The molecular weight excluding hydrogens is 272 g/mol. The van der Waals surface area contributed by atoms with Crippen LogP contribution in [0.1, 0.15) is 6.92 Å². The third-order valence-electron chi connectivity index (χ3n) is 2.30. The van der Waals surface area contributed by atoms with Gasteiger partial charge in [0.2, 0.25) is 17.2 Å². The monoisotopic (exact) mass is 284 g/mol. The van der Waals surface area contributed by atoms with E-state index in [4.69, 9.17) is 16.7 Å². The molecule has 9 heteroatoms. The van der Waals surface area contributed by atoms with Crippen LogP contribution in [-0.4, -0.2) is 53.5 Å². The van der Waals surface area contributed by atoms with E-state index >= 15 is 0 Å². The van der Waals surface area contributed by atoms with E-state index in [1.807, 2.05) is 0 Å². The van der Waals surface area contributed by atoms with Crippen LogP contribution in [0, 0.1) is 0 Å². The SMILES string of the molecule is CC(O)(CO)CNc1nc(Cl)nc(-n2ccnc2)n1. The Hall–Kier alpha value is -1.77. The van der Waals surface area contributed by atoms with Crippen LogP contribution < -0.4 is 5.32 Å². The van der Waals surface area contributed by atoms with Crippen LogP contribution in [-0.2, 0) is 0 Å². The average molecular weight is 285 g/mol. The van der Waals surface area contributed by atoms with Gasteiger partial charge in [-0.15, -0.1) is 0 Å². The number of aliphatic hydroxyl groups is 2. The number of nitrogens with zero attached hydrogens (tertiary/aromatic N) is 5. The Kier molecular flexibility index (Phi) is 3.93. The van der Waals surface area contributed by atoms with Crippen molar-refractivity contribution in [2.45, 2.75) is 12.5 Å². The predicted molar refractivity (Wildman–Crippen MR) is 68.2 cm³/mol. The Morgan fingerprint density at radius 3 is 2.84 bits per heavy atom. The molecule has 0 aliphatic rings. The minimum atomic E-state index is -1.27. The molecule has 1 atom stereocenters. The van der Waals surface area contributed by atoms with E-state index in [9.17, 15) is 5.11 Å². The number of aliphatic hydroxyl groups excluding tert-OH is 1. The first kappa shape index (κ1) is 13.7. The number of hydrogen-bond donors (Lipinski definition) is 3. The van der Waals surface area contributed by atoms with Crippen LogP contribution in [0.25, 0.3) is 5.95 Å². The third-order valence-corrected chi connectivity index (χ3v) is 2.47. The summed E-state index contributed by atoms with van der Waals surface area (Å²) in [7, 11) is 0. The number of halogens is 1. The van der Waals surface area contributed by atoms with Gasteiger partial charge in [0, 0.05) is 18.9 Å². The largest absolute Gasteiger partial charge is 0.393 e. The summed E-state index contributed by atoms with van der Waals surface area (Å²) in [5.41, 5.74) is -1.27. The van der Waals surface area contributed by atoms with E-state index in [2.05, 4.69) is 25.3 Å². The summed E-state index contributed by atoms with van der Waals surface area (Å²) in [4.78, 5) is 15.9. The molecule has 0 bridgehead atoms. The lowest BCUT2D eigenvalue weighted by atomic mass is 10.1. The molecule has 3 N–H and O–H groups in total. The van der Waals surface area contributed by atoms with Gasteiger partial charge in [0.15, 0.2) is 0 Å². The standard InChI is InChI=1S/C10H13ClN6O2/c1-10(19,5-18)4-13-8-14-7(11)15-9(16-8)17-3-2-12-6-17/h2-3,6,18-19H,4-5H2,1H3,(H,13,14,15,16). The van der Waals surface area contributed by atoms with Gasteiger partial charge >= 0.3 is 0 Å². The normalized spacial score (nSPS) is 14.1. The van der Waals surface area contributed by atoms with Crippen molar-refractivity contribution in [3.63, 3.8) is 0 Å². The molecule has 0 aliphatic heterocycles. The van der Waals surface area contributed by atoms with E-state index in [0.29, 0.717) is 5.95 Å². The Morgan fingerprint density at radius 2 is 2.21 bits per heavy atom. The maximum atomic E-state index is 9.68. The predicted octanol–water partition coefficient (Wildman–Crippen LogP) is -0.134. The Morgan fingerprint density at radius 1 is 1.42 bits per heavy atom. The van der Waals surface area contributed by atoms with Crippen molar-refractivity contribution in [1.29, 1.82) is 0 Å². The second-order valence-electron chi connectivity index (χ2n) is 4.21. The second-order valence-corrected chi connectivity index (χ2v) is 4.54. The van der Waals surface area contributed by atoms with E-state index in [1.54, 1.807) is 17.0 Å². The van der Waals surface area contributed by atoms with Gasteiger partial charge in [0.1, 0.15) is 11.9 Å². The van der Waals surface area contributed by atoms with E-state index in [1.165, 1.54) is 13.3 Å². The quantitative estimate of drug-likeness (QED) is 0.701. The smallest absolute Gasteiger partial charge is 0.241 e. The maximum Gasteiger partial charge on any atom is 0.241 e. The topological polar surface area (TPSA) is 109 Å². The molecule has 2 heterocycles. The molecule has 0 aromatic carbocycles. The number of nitrogens with one attached hydrogen (secondary N) is 1. The first-order valence-corrected chi connectivity index (χ1v) is 5.85. The molecule has 0 aliphatic carbocycles. The highest BCUT2D eigenvalue weighted by molar-refractivity contribution is 6.28. The van der Waals surface area contributed by atoms with Crippen molar-refractivity contribution < 1.29 is 10.2 Å². The van der Waals surface area contributed by atoms with Crippen LogP contribution in [0.4, 0.5) is 5.95 Å². The molecule has 0 amide bonds. The molecule has 2 rings (SSSR count). The zero-order valence-electron chi connectivity index (χ0n) is 10.2. The Balaban J connectivity index is 2.18. The van der Waals surface area contributed by atoms with Gasteiger partial charge in [-0.3, -0.25) is 4.57 Å². The van der Waals surface area contributed by atoms with Gasteiger partial charge in [-0.05, 0) is 18.5 Å². The summed E-state index contributed by atoms with van der Waals surface area (Å²) < 4.78 is 1.57. The molecule has 0 saturated carbocycles. The molecule has 0 saturated heterocycles. The van der Waals surface area contributed by atoms with Crippen molar-refractivity contribution in [2.75, 3.05) is 18.5 Å². The summed E-state index contributed by atoms with van der Waals surface area (Å²) in [6.07, 6.45) is 4.78. The van der Waals surface area contributed by atoms with Gasteiger partial charge in [0.25, 0.3) is 0 Å². The maximum absolute atomic E-state index is 9.68. The van der Waals surface area contributed by atoms with Crippen LogP contribution in [0.3, 0.4) is 0 Å². The zero-order valence-corrected chi connectivity index (χ0v) is 10.9. The van der Waals surface area contributed by atoms with Gasteiger partial charge < -0.3 is 15.5 Å². The fourth-order valence-corrected chi connectivity index (χ4v) is 1.39. The molecular formula is C10H13ClN6O2. The number of anilines is 1. The van der Waals surface area contributed by atoms with Gasteiger partial charge in [-0.2, -0.15) is 15.0 Å². The van der Waals surface area contributed by atoms with Crippen molar-refractivity contribution >= 4 is 17.5 Å². The lowest BCUT2D eigenvalue weighted by molar-refractivity contribution is 0.0131. The lowest BCUT2D eigenvalue weighted by Gasteiger charge is -2.20. The molecule has 8 nitrogen and oxygen atoms in total. The highest BCUT2D eigenvalue weighted by Gasteiger charge is 2.19. The molecule has 0 fully saturated rings.